The highest BCUT2D eigenvalue weighted by Gasteiger charge is 2.47. The van der Waals surface area contributed by atoms with Crippen LogP contribution in [0.25, 0.3) is 5.76 Å². The molecule has 1 unspecified atom stereocenters. The van der Waals surface area contributed by atoms with Gasteiger partial charge in [0.25, 0.3) is 11.7 Å². The summed E-state index contributed by atoms with van der Waals surface area (Å²) in [5.41, 5.74) is -1.43. The fourth-order valence-corrected chi connectivity index (χ4v) is 4.32. The van der Waals surface area contributed by atoms with Gasteiger partial charge in [-0.05, 0) is 42.0 Å². The third kappa shape index (κ3) is 4.67. The zero-order valence-electron chi connectivity index (χ0n) is 19.3. The number of phenolic OH excluding ortho intramolecular Hbond substituents is 1. The van der Waals surface area contributed by atoms with Crippen LogP contribution in [0.5, 0.6) is 17.2 Å². The van der Waals surface area contributed by atoms with Crippen molar-refractivity contribution in [3.05, 3.63) is 87.9 Å². The summed E-state index contributed by atoms with van der Waals surface area (Å²) in [5.74, 6) is -2.88. The number of ketones is 1. The Hall–Kier alpha value is -4.18. The van der Waals surface area contributed by atoms with Gasteiger partial charge in [0.2, 0.25) is 0 Å². The van der Waals surface area contributed by atoms with Gasteiger partial charge >= 0.3 is 6.18 Å². The molecule has 7 nitrogen and oxygen atoms in total. The molecule has 0 aromatic heterocycles. The van der Waals surface area contributed by atoms with E-state index in [0.717, 1.165) is 23.1 Å². The number of anilines is 1. The molecule has 1 aliphatic rings. The van der Waals surface area contributed by atoms with Crippen LogP contribution in [0.1, 0.15) is 22.7 Å². The summed E-state index contributed by atoms with van der Waals surface area (Å²) in [7, 11) is 2.63. The maximum absolute atomic E-state index is 13.4. The largest absolute Gasteiger partial charge is 0.508 e. The number of benzene rings is 3. The first kappa shape index (κ1) is 25.9. The smallest absolute Gasteiger partial charge is 0.416 e. The summed E-state index contributed by atoms with van der Waals surface area (Å²) < 4.78 is 50.7. The SMILES string of the molecule is COc1cc(/C(O)=C2\C(=O)C(=O)N(c3cccc(C(F)(F)F)c3)C2c2ccc(O)cc2)c(OC)cc1Cl. The van der Waals surface area contributed by atoms with E-state index in [1.54, 1.807) is 0 Å². The van der Waals surface area contributed by atoms with E-state index in [-0.39, 0.29) is 39.1 Å². The highest BCUT2D eigenvalue weighted by atomic mass is 35.5. The molecule has 0 spiro atoms. The minimum absolute atomic E-state index is 0.0328. The standard InChI is InChI=1S/C26H19ClF3NO6/c1-36-19-12-18(27)20(37-2)11-17(19)23(33)21-22(13-6-8-16(32)9-7-13)31(25(35)24(21)34)15-5-3-4-14(10-15)26(28,29)30/h3-12,22,32-33H,1-2H3/b23-21+. The number of hydrogen-bond donors (Lipinski definition) is 2. The first-order chi connectivity index (χ1) is 17.5. The fourth-order valence-electron chi connectivity index (χ4n) is 4.09. The molecule has 0 aliphatic carbocycles. The van der Waals surface area contributed by atoms with Gasteiger partial charge in [0.05, 0.1) is 42.0 Å². The minimum Gasteiger partial charge on any atom is -0.508 e. The summed E-state index contributed by atoms with van der Waals surface area (Å²) in [6.45, 7) is 0. The third-order valence-electron chi connectivity index (χ3n) is 5.83. The van der Waals surface area contributed by atoms with Crippen LogP contribution in [0.4, 0.5) is 18.9 Å². The van der Waals surface area contributed by atoms with Gasteiger partial charge in [0.15, 0.2) is 0 Å². The van der Waals surface area contributed by atoms with Crippen LogP contribution in [0.2, 0.25) is 5.02 Å². The van der Waals surface area contributed by atoms with E-state index in [1.807, 2.05) is 0 Å². The summed E-state index contributed by atoms with van der Waals surface area (Å²) in [4.78, 5) is 27.4. The number of amides is 1. The van der Waals surface area contributed by atoms with Crippen LogP contribution in [-0.2, 0) is 15.8 Å². The minimum atomic E-state index is -4.70. The van der Waals surface area contributed by atoms with E-state index in [2.05, 4.69) is 0 Å². The highest BCUT2D eigenvalue weighted by molar-refractivity contribution is 6.51. The van der Waals surface area contributed by atoms with Gasteiger partial charge in [-0.2, -0.15) is 13.2 Å². The molecular formula is C26H19ClF3NO6. The highest BCUT2D eigenvalue weighted by Crippen LogP contribution is 2.45. The first-order valence-electron chi connectivity index (χ1n) is 10.7. The number of hydrogen-bond acceptors (Lipinski definition) is 6. The molecule has 2 N–H and O–H groups in total. The summed E-state index contributed by atoms with van der Waals surface area (Å²) in [6, 6.07) is 10.6. The Morgan fingerprint density at radius 2 is 1.62 bits per heavy atom. The second kappa shape index (κ2) is 9.70. The Balaban J connectivity index is 2.00. The Morgan fingerprint density at radius 1 is 0.973 bits per heavy atom. The van der Waals surface area contributed by atoms with Gasteiger partial charge in [0.1, 0.15) is 23.0 Å². The van der Waals surface area contributed by atoms with E-state index in [4.69, 9.17) is 21.1 Å². The van der Waals surface area contributed by atoms with E-state index in [9.17, 15) is 33.0 Å². The van der Waals surface area contributed by atoms with Crippen molar-refractivity contribution in [2.75, 3.05) is 19.1 Å². The van der Waals surface area contributed by atoms with E-state index in [0.29, 0.717) is 0 Å². The summed E-state index contributed by atoms with van der Waals surface area (Å²) in [6.07, 6.45) is -4.70. The van der Waals surface area contributed by atoms with Crippen molar-refractivity contribution < 1.29 is 42.4 Å². The number of carbonyl (C=O) groups is 2. The number of aromatic hydroxyl groups is 1. The van der Waals surface area contributed by atoms with Gasteiger partial charge in [0, 0.05) is 11.8 Å². The molecule has 1 atom stereocenters. The molecule has 1 aliphatic heterocycles. The number of aliphatic hydroxyl groups excluding tert-OH is 1. The summed E-state index contributed by atoms with van der Waals surface area (Å²) in [5, 5.41) is 21.2. The second-order valence-corrected chi connectivity index (χ2v) is 8.40. The molecule has 3 aromatic rings. The molecular weight excluding hydrogens is 515 g/mol. The van der Waals surface area contributed by atoms with E-state index >= 15 is 0 Å². The summed E-state index contributed by atoms with van der Waals surface area (Å²) >= 11 is 6.14. The first-order valence-corrected chi connectivity index (χ1v) is 11.0. The lowest BCUT2D eigenvalue weighted by Gasteiger charge is -2.26. The van der Waals surface area contributed by atoms with Crippen LogP contribution < -0.4 is 14.4 Å². The maximum atomic E-state index is 13.4. The number of alkyl halides is 3. The molecule has 1 fully saturated rings. The molecule has 37 heavy (non-hydrogen) atoms. The number of ether oxygens (including phenoxy) is 2. The van der Waals surface area contributed by atoms with Crippen LogP contribution in [0.15, 0.2) is 66.2 Å². The predicted molar refractivity (Wildman–Crippen MR) is 129 cm³/mol. The molecule has 4 rings (SSSR count). The van der Waals surface area contributed by atoms with Gasteiger partial charge < -0.3 is 19.7 Å². The van der Waals surface area contributed by atoms with E-state index in [1.165, 1.54) is 56.7 Å². The van der Waals surface area contributed by atoms with Crippen LogP contribution in [0.3, 0.4) is 0 Å². The lowest BCUT2D eigenvalue weighted by atomic mass is 9.94. The molecule has 0 saturated carbocycles. The Labute approximate surface area is 213 Å². The van der Waals surface area contributed by atoms with Crippen LogP contribution >= 0.6 is 11.6 Å². The number of halogens is 4. The molecule has 11 heteroatoms. The van der Waals surface area contributed by atoms with Crippen molar-refractivity contribution in [3.63, 3.8) is 0 Å². The predicted octanol–water partition coefficient (Wildman–Crippen LogP) is 5.71. The molecule has 1 saturated heterocycles. The van der Waals surface area contributed by atoms with Gasteiger partial charge in [-0.25, -0.2) is 0 Å². The van der Waals surface area contributed by atoms with Crippen molar-refractivity contribution in [2.24, 2.45) is 0 Å². The molecule has 3 aromatic carbocycles. The lowest BCUT2D eigenvalue weighted by molar-refractivity contribution is -0.137. The molecule has 0 bridgehead atoms. The zero-order valence-corrected chi connectivity index (χ0v) is 20.1. The lowest BCUT2D eigenvalue weighted by Crippen LogP contribution is -2.29. The Bertz CT molecular complexity index is 1420. The number of phenols is 1. The molecule has 192 valence electrons. The number of aliphatic hydroxyl groups is 1. The number of methoxy groups -OCH3 is 2. The quantitative estimate of drug-likeness (QED) is 0.248. The molecule has 0 radical (unpaired) electrons. The van der Waals surface area contributed by atoms with Crippen molar-refractivity contribution in [2.45, 2.75) is 12.2 Å². The topological polar surface area (TPSA) is 96.3 Å². The third-order valence-corrected chi connectivity index (χ3v) is 6.13. The van der Waals surface area contributed by atoms with Crippen LogP contribution in [-0.4, -0.2) is 36.1 Å². The van der Waals surface area contributed by atoms with Crippen molar-refractivity contribution in [1.82, 2.24) is 0 Å². The van der Waals surface area contributed by atoms with Gasteiger partial charge in [-0.1, -0.05) is 29.8 Å². The average Bonchev–Trinajstić information content (AvgIpc) is 3.13. The monoisotopic (exact) mass is 533 g/mol. The number of Topliss-reactive ketones (excluding diaryl/α,β-unsaturated/α-hetero) is 1. The Kier molecular flexibility index (Phi) is 6.79. The molecule has 1 heterocycles. The van der Waals surface area contributed by atoms with Crippen molar-refractivity contribution in [1.29, 1.82) is 0 Å². The fraction of sp³-hybridized carbons (Fsp3) is 0.154. The Morgan fingerprint density at radius 3 is 2.22 bits per heavy atom. The number of rotatable bonds is 5. The maximum Gasteiger partial charge on any atom is 0.416 e. The van der Waals surface area contributed by atoms with Crippen molar-refractivity contribution >= 4 is 34.7 Å². The van der Waals surface area contributed by atoms with Gasteiger partial charge in [-0.15, -0.1) is 0 Å². The van der Waals surface area contributed by atoms with Crippen LogP contribution in [0, 0.1) is 0 Å². The van der Waals surface area contributed by atoms with E-state index < -0.39 is 40.8 Å². The second-order valence-electron chi connectivity index (χ2n) is 8.00. The molecule has 1 amide bonds. The zero-order chi connectivity index (χ0) is 27.1. The van der Waals surface area contributed by atoms with Gasteiger partial charge in [-0.3, -0.25) is 14.5 Å². The van der Waals surface area contributed by atoms with Crippen molar-refractivity contribution in [3.8, 4) is 17.2 Å². The number of nitrogens with zero attached hydrogens (tertiary/aromatic N) is 1. The number of carbonyl (C=O) groups excluding carboxylic acids is 2. The normalized spacial score (nSPS) is 17.2. The average molecular weight is 534 g/mol.